The predicted octanol–water partition coefficient (Wildman–Crippen LogP) is 2.85. The molecule has 0 saturated heterocycles. The van der Waals surface area contributed by atoms with Crippen molar-refractivity contribution in [3.8, 4) is 11.3 Å². The fourth-order valence-corrected chi connectivity index (χ4v) is 4.64. The molecule has 0 aliphatic heterocycles. The van der Waals surface area contributed by atoms with E-state index in [9.17, 15) is 23.1 Å². The molecule has 2 amide bonds. The van der Waals surface area contributed by atoms with Gasteiger partial charge in [0, 0.05) is 16.5 Å². The average Bonchev–Trinajstić information content (AvgIpc) is 3.26. The molecular formula is C22H23N3O5S2. The van der Waals surface area contributed by atoms with Gasteiger partial charge >= 0.3 is 0 Å². The molecule has 0 aliphatic carbocycles. The van der Waals surface area contributed by atoms with Crippen LogP contribution in [-0.4, -0.2) is 42.1 Å². The minimum absolute atomic E-state index is 0.0604. The first-order chi connectivity index (χ1) is 15.2. The number of nitrogens with one attached hydrogen (secondary N) is 2. The molecule has 1 aromatic heterocycles. The minimum atomic E-state index is -3.51. The summed E-state index contributed by atoms with van der Waals surface area (Å²) < 4.78 is 24.6. The highest BCUT2D eigenvalue weighted by Gasteiger charge is 2.20. The van der Waals surface area contributed by atoms with Crippen LogP contribution in [0.4, 0.5) is 5.13 Å². The molecule has 0 unspecified atom stereocenters. The first kappa shape index (κ1) is 23.6. The quantitative estimate of drug-likeness (QED) is 0.462. The summed E-state index contributed by atoms with van der Waals surface area (Å²) in [5, 5.41) is 15.9. The van der Waals surface area contributed by atoms with Crippen molar-refractivity contribution in [3.63, 3.8) is 0 Å². The van der Waals surface area contributed by atoms with Crippen LogP contribution in [-0.2, 0) is 21.2 Å². The van der Waals surface area contributed by atoms with Crippen LogP contribution in [0.5, 0.6) is 0 Å². The monoisotopic (exact) mass is 473 g/mol. The maximum absolute atomic E-state index is 12.4. The third kappa shape index (κ3) is 5.58. The van der Waals surface area contributed by atoms with Crippen LogP contribution in [0.25, 0.3) is 11.3 Å². The second-order valence-electron chi connectivity index (χ2n) is 7.25. The van der Waals surface area contributed by atoms with E-state index in [1.165, 1.54) is 35.6 Å². The van der Waals surface area contributed by atoms with Crippen molar-refractivity contribution in [2.24, 2.45) is 0 Å². The number of hydrogen-bond donors (Lipinski definition) is 3. The van der Waals surface area contributed by atoms with Gasteiger partial charge in [0.25, 0.3) is 5.91 Å². The Balaban J connectivity index is 1.60. The Bertz CT molecular complexity index is 1240. The van der Waals surface area contributed by atoms with Crippen molar-refractivity contribution >= 4 is 38.1 Å². The Morgan fingerprint density at radius 3 is 2.59 bits per heavy atom. The van der Waals surface area contributed by atoms with Gasteiger partial charge in [-0.2, -0.15) is 0 Å². The van der Waals surface area contributed by atoms with Crippen LogP contribution >= 0.6 is 11.3 Å². The predicted molar refractivity (Wildman–Crippen MR) is 123 cm³/mol. The SMILES string of the molecule is CC(C)S(=O)(=O)c1cccc(C(=O)NCC(=O)Nc2nc(-c3cccc(CO)c3)cs2)c1. The van der Waals surface area contributed by atoms with Crippen LogP contribution in [0.1, 0.15) is 29.8 Å². The highest BCUT2D eigenvalue weighted by atomic mass is 32.2. The smallest absolute Gasteiger partial charge is 0.251 e. The van der Waals surface area contributed by atoms with E-state index in [0.29, 0.717) is 10.8 Å². The number of nitrogens with zero attached hydrogens (tertiary/aromatic N) is 1. The Kier molecular flexibility index (Phi) is 7.39. The highest BCUT2D eigenvalue weighted by Crippen LogP contribution is 2.25. The van der Waals surface area contributed by atoms with Crippen LogP contribution in [0, 0.1) is 0 Å². The standard InChI is InChI=1S/C22H23N3O5S2/c1-14(2)32(29,30)18-8-4-7-17(10-18)21(28)23-11-20(27)25-22-24-19(13-31-22)16-6-3-5-15(9-16)12-26/h3-10,13-14,26H,11-12H2,1-2H3,(H,23,28)(H,24,25,27). The summed E-state index contributed by atoms with van der Waals surface area (Å²) in [5.74, 6) is -1.02. The van der Waals surface area contributed by atoms with Gasteiger partial charge in [0.15, 0.2) is 15.0 Å². The Morgan fingerprint density at radius 1 is 1.12 bits per heavy atom. The van der Waals surface area contributed by atoms with Gasteiger partial charge in [-0.25, -0.2) is 13.4 Å². The number of aliphatic hydroxyl groups is 1. The molecule has 2 aromatic carbocycles. The van der Waals surface area contributed by atoms with E-state index in [0.717, 1.165) is 11.1 Å². The van der Waals surface area contributed by atoms with Crippen molar-refractivity contribution in [2.75, 3.05) is 11.9 Å². The topological polar surface area (TPSA) is 125 Å². The summed E-state index contributed by atoms with van der Waals surface area (Å²) in [6, 6.07) is 13.0. The average molecular weight is 474 g/mol. The van der Waals surface area contributed by atoms with Crippen molar-refractivity contribution in [1.82, 2.24) is 10.3 Å². The van der Waals surface area contributed by atoms with Gasteiger partial charge in [0.05, 0.1) is 29.0 Å². The molecule has 0 fully saturated rings. The molecule has 3 N–H and O–H groups in total. The molecule has 10 heteroatoms. The number of sulfone groups is 1. The number of hydrogen-bond acceptors (Lipinski definition) is 7. The lowest BCUT2D eigenvalue weighted by atomic mass is 10.1. The van der Waals surface area contributed by atoms with E-state index in [-0.39, 0.29) is 23.6 Å². The van der Waals surface area contributed by atoms with E-state index < -0.39 is 26.9 Å². The largest absolute Gasteiger partial charge is 0.392 e. The third-order valence-corrected chi connectivity index (χ3v) is 7.52. The van der Waals surface area contributed by atoms with Gasteiger partial charge in [0.2, 0.25) is 5.91 Å². The van der Waals surface area contributed by atoms with Crippen molar-refractivity contribution in [3.05, 3.63) is 65.0 Å². The van der Waals surface area contributed by atoms with E-state index in [2.05, 4.69) is 15.6 Å². The molecule has 8 nitrogen and oxygen atoms in total. The third-order valence-electron chi connectivity index (χ3n) is 4.61. The lowest BCUT2D eigenvalue weighted by Crippen LogP contribution is -2.33. The second-order valence-corrected chi connectivity index (χ2v) is 10.6. The first-order valence-electron chi connectivity index (χ1n) is 9.78. The Labute approximate surface area is 190 Å². The summed E-state index contributed by atoms with van der Waals surface area (Å²) in [4.78, 5) is 29.0. The number of benzene rings is 2. The van der Waals surface area contributed by atoms with E-state index in [4.69, 9.17) is 0 Å². The maximum Gasteiger partial charge on any atom is 0.251 e. The second kappa shape index (κ2) is 10.0. The first-order valence-corrected chi connectivity index (χ1v) is 12.2. The zero-order valence-electron chi connectivity index (χ0n) is 17.5. The van der Waals surface area contributed by atoms with Crippen LogP contribution < -0.4 is 10.6 Å². The highest BCUT2D eigenvalue weighted by molar-refractivity contribution is 7.92. The molecular weight excluding hydrogens is 450 g/mol. The van der Waals surface area contributed by atoms with Crippen LogP contribution in [0.3, 0.4) is 0 Å². The summed E-state index contributed by atoms with van der Waals surface area (Å²) in [6.45, 7) is 2.77. The van der Waals surface area contributed by atoms with Crippen molar-refractivity contribution in [2.45, 2.75) is 30.6 Å². The van der Waals surface area contributed by atoms with Crippen LogP contribution in [0.15, 0.2) is 58.8 Å². The summed E-state index contributed by atoms with van der Waals surface area (Å²) in [7, 11) is -3.51. The van der Waals surface area contributed by atoms with E-state index >= 15 is 0 Å². The summed E-state index contributed by atoms with van der Waals surface area (Å²) >= 11 is 1.24. The number of carbonyl (C=O) groups excluding carboxylic acids is 2. The zero-order chi connectivity index (χ0) is 23.3. The number of amides is 2. The van der Waals surface area contributed by atoms with Gasteiger partial charge < -0.3 is 15.7 Å². The zero-order valence-corrected chi connectivity index (χ0v) is 19.2. The Hall–Kier alpha value is -3.08. The van der Waals surface area contributed by atoms with E-state index in [1.54, 1.807) is 25.3 Å². The number of thiazole rings is 1. The normalized spacial score (nSPS) is 11.4. The summed E-state index contributed by atoms with van der Waals surface area (Å²) in [6.07, 6.45) is 0. The molecule has 32 heavy (non-hydrogen) atoms. The molecule has 0 bridgehead atoms. The Morgan fingerprint density at radius 2 is 1.88 bits per heavy atom. The molecule has 0 spiro atoms. The molecule has 3 aromatic rings. The molecule has 3 rings (SSSR count). The van der Waals surface area contributed by atoms with Gasteiger partial charge in [-0.1, -0.05) is 24.3 Å². The number of aromatic nitrogens is 1. The lowest BCUT2D eigenvalue weighted by molar-refractivity contribution is -0.115. The number of rotatable bonds is 8. The summed E-state index contributed by atoms with van der Waals surface area (Å²) in [5.41, 5.74) is 2.39. The van der Waals surface area contributed by atoms with Crippen molar-refractivity contribution in [1.29, 1.82) is 0 Å². The number of carbonyl (C=O) groups is 2. The lowest BCUT2D eigenvalue weighted by Gasteiger charge is -2.10. The van der Waals surface area contributed by atoms with Gasteiger partial charge in [-0.3, -0.25) is 9.59 Å². The van der Waals surface area contributed by atoms with Gasteiger partial charge in [0.1, 0.15) is 0 Å². The van der Waals surface area contributed by atoms with Crippen molar-refractivity contribution < 1.29 is 23.1 Å². The van der Waals surface area contributed by atoms with E-state index in [1.807, 2.05) is 18.2 Å². The van der Waals surface area contributed by atoms with Gasteiger partial charge in [-0.15, -0.1) is 11.3 Å². The molecule has 0 aliphatic rings. The molecule has 168 valence electrons. The number of anilines is 1. The van der Waals surface area contributed by atoms with Gasteiger partial charge in [-0.05, 0) is 43.7 Å². The fourth-order valence-electron chi connectivity index (χ4n) is 2.81. The number of aliphatic hydroxyl groups excluding tert-OH is 1. The maximum atomic E-state index is 12.4. The molecule has 0 atom stereocenters. The molecule has 0 saturated carbocycles. The fraction of sp³-hybridized carbons (Fsp3) is 0.227. The van der Waals surface area contributed by atoms with Crippen LogP contribution in [0.2, 0.25) is 0 Å². The minimum Gasteiger partial charge on any atom is -0.392 e. The molecule has 1 heterocycles. The molecule has 0 radical (unpaired) electrons.